The number of fused-ring (bicyclic) bond motifs is 1. The molecule has 0 radical (unpaired) electrons. The number of piperidine rings is 1. The first-order chi connectivity index (χ1) is 7.95. The van der Waals surface area contributed by atoms with E-state index in [0.717, 1.165) is 5.52 Å². The van der Waals surface area contributed by atoms with E-state index in [1.807, 2.05) is 12.3 Å². The summed E-state index contributed by atoms with van der Waals surface area (Å²) < 4.78 is 0. The van der Waals surface area contributed by atoms with Gasteiger partial charge in [-0.3, -0.25) is 4.98 Å². The molecule has 1 saturated heterocycles. The monoisotopic (exact) mass is 212 g/mol. The van der Waals surface area contributed by atoms with Crippen LogP contribution in [0.5, 0.6) is 0 Å². The maximum atomic E-state index is 4.41. The van der Waals surface area contributed by atoms with Gasteiger partial charge in [0.25, 0.3) is 0 Å². The van der Waals surface area contributed by atoms with Crippen molar-refractivity contribution in [2.24, 2.45) is 0 Å². The molecule has 2 heterocycles. The molecule has 0 spiro atoms. The lowest BCUT2D eigenvalue weighted by Crippen LogP contribution is -2.29. The molecule has 0 N–H and O–H groups in total. The number of anilines is 1. The molecular formula is C14H16N2. The average molecular weight is 212 g/mol. The van der Waals surface area contributed by atoms with E-state index in [0.29, 0.717) is 0 Å². The van der Waals surface area contributed by atoms with Crippen molar-refractivity contribution in [3.05, 3.63) is 36.5 Å². The number of rotatable bonds is 1. The predicted molar refractivity (Wildman–Crippen MR) is 67.8 cm³/mol. The van der Waals surface area contributed by atoms with Crippen LogP contribution in [0.1, 0.15) is 19.3 Å². The summed E-state index contributed by atoms with van der Waals surface area (Å²) in [5.74, 6) is 0. The van der Waals surface area contributed by atoms with Crippen molar-refractivity contribution in [1.29, 1.82) is 0 Å². The van der Waals surface area contributed by atoms with E-state index in [1.54, 1.807) is 0 Å². The smallest absolute Gasteiger partial charge is 0.0722 e. The lowest BCUT2D eigenvalue weighted by atomic mass is 10.1. The highest BCUT2D eigenvalue weighted by Crippen LogP contribution is 2.27. The molecule has 82 valence electrons. The van der Waals surface area contributed by atoms with Gasteiger partial charge < -0.3 is 4.90 Å². The molecule has 2 nitrogen and oxygen atoms in total. The molecule has 1 aliphatic rings. The summed E-state index contributed by atoms with van der Waals surface area (Å²) in [6.45, 7) is 2.38. The third-order valence-electron chi connectivity index (χ3n) is 3.32. The molecule has 16 heavy (non-hydrogen) atoms. The van der Waals surface area contributed by atoms with Crippen LogP contribution < -0.4 is 4.90 Å². The molecule has 1 aromatic carbocycles. The third kappa shape index (κ3) is 1.64. The van der Waals surface area contributed by atoms with Gasteiger partial charge in [0.15, 0.2) is 0 Å². The zero-order valence-electron chi connectivity index (χ0n) is 9.39. The topological polar surface area (TPSA) is 16.1 Å². The molecule has 1 aromatic heterocycles. The minimum atomic E-state index is 1.10. The first-order valence-corrected chi connectivity index (χ1v) is 6.04. The van der Waals surface area contributed by atoms with Crippen LogP contribution in [0.4, 0.5) is 5.69 Å². The Hall–Kier alpha value is -1.57. The Balaban J connectivity index is 2.08. The molecule has 1 fully saturated rings. The highest BCUT2D eigenvalue weighted by atomic mass is 15.1. The van der Waals surface area contributed by atoms with Crippen LogP contribution in [-0.4, -0.2) is 18.1 Å². The molecular weight excluding hydrogens is 196 g/mol. The maximum absolute atomic E-state index is 4.41. The number of pyridine rings is 1. The van der Waals surface area contributed by atoms with Gasteiger partial charge in [0, 0.05) is 30.4 Å². The molecule has 2 heteroatoms. The van der Waals surface area contributed by atoms with Crippen molar-refractivity contribution in [3.63, 3.8) is 0 Å². The summed E-state index contributed by atoms with van der Waals surface area (Å²) in [4.78, 5) is 6.90. The van der Waals surface area contributed by atoms with Crippen LogP contribution in [0, 0.1) is 0 Å². The molecule has 0 saturated carbocycles. The zero-order chi connectivity index (χ0) is 10.8. The molecule has 3 rings (SSSR count). The Labute approximate surface area is 95.9 Å². The van der Waals surface area contributed by atoms with Crippen molar-refractivity contribution < 1.29 is 0 Å². The van der Waals surface area contributed by atoms with Gasteiger partial charge in [-0.1, -0.05) is 6.07 Å². The second-order valence-electron chi connectivity index (χ2n) is 4.39. The summed E-state index contributed by atoms with van der Waals surface area (Å²) in [5, 5.41) is 1.28. The van der Waals surface area contributed by atoms with Gasteiger partial charge in [0.2, 0.25) is 0 Å². The molecule has 0 unspecified atom stereocenters. The van der Waals surface area contributed by atoms with Gasteiger partial charge in [0.05, 0.1) is 5.52 Å². The van der Waals surface area contributed by atoms with Gasteiger partial charge in [-0.05, 0) is 43.5 Å². The fourth-order valence-electron chi connectivity index (χ4n) is 2.50. The average Bonchev–Trinajstić information content (AvgIpc) is 2.39. The lowest BCUT2D eigenvalue weighted by Gasteiger charge is -2.29. The van der Waals surface area contributed by atoms with Crippen molar-refractivity contribution in [2.45, 2.75) is 19.3 Å². The summed E-state index contributed by atoms with van der Waals surface area (Å²) >= 11 is 0. The maximum Gasteiger partial charge on any atom is 0.0722 e. The molecule has 0 amide bonds. The van der Waals surface area contributed by atoms with E-state index in [4.69, 9.17) is 0 Å². The van der Waals surface area contributed by atoms with Crippen LogP contribution in [0.25, 0.3) is 10.9 Å². The Morgan fingerprint density at radius 1 is 0.938 bits per heavy atom. The number of hydrogen-bond acceptors (Lipinski definition) is 2. The van der Waals surface area contributed by atoms with Crippen molar-refractivity contribution in [3.8, 4) is 0 Å². The standard InChI is InChI=1S/C14H16N2/c1-2-10-16(11-3-1)14-8-4-7-13-12(14)6-5-9-15-13/h4-9H,1-3,10-11H2. The van der Waals surface area contributed by atoms with E-state index in [2.05, 4.69) is 34.1 Å². The number of benzene rings is 1. The second kappa shape index (κ2) is 4.12. The van der Waals surface area contributed by atoms with E-state index in [9.17, 15) is 0 Å². The largest absolute Gasteiger partial charge is 0.371 e. The molecule has 0 atom stereocenters. The predicted octanol–water partition coefficient (Wildman–Crippen LogP) is 3.23. The second-order valence-corrected chi connectivity index (χ2v) is 4.39. The summed E-state index contributed by atoms with van der Waals surface area (Å²) in [6.07, 6.45) is 5.87. The van der Waals surface area contributed by atoms with Gasteiger partial charge in [-0.2, -0.15) is 0 Å². The lowest BCUT2D eigenvalue weighted by molar-refractivity contribution is 0.579. The van der Waals surface area contributed by atoms with Gasteiger partial charge in [-0.15, -0.1) is 0 Å². The van der Waals surface area contributed by atoms with Crippen LogP contribution in [0.2, 0.25) is 0 Å². The summed E-state index contributed by atoms with van der Waals surface area (Å²) in [5.41, 5.74) is 2.45. The fourth-order valence-corrected chi connectivity index (χ4v) is 2.50. The van der Waals surface area contributed by atoms with Crippen molar-refractivity contribution >= 4 is 16.6 Å². The fraction of sp³-hybridized carbons (Fsp3) is 0.357. The van der Waals surface area contributed by atoms with Gasteiger partial charge in [0.1, 0.15) is 0 Å². The normalized spacial score (nSPS) is 16.6. The Morgan fingerprint density at radius 2 is 1.81 bits per heavy atom. The van der Waals surface area contributed by atoms with Gasteiger partial charge in [-0.25, -0.2) is 0 Å². The minimum absolute atomic E-state index is 1.10. The zero-order valence-corrected chi connectivity index (χ0v) is 9.39. The van der Waals surface area contributed by atoms with Crippen molar-refractivity contribution in [1.82, 2.24) is 4.98 Å². The number of nitrogens with zero attached hydrogens (tertiary/aromatic N) is 2. The first-order valence-electron chi connectivity index (χ1n) is 6.04. The summed E-state index contributed by atoms with van der Waals surface area (Å²) in [7, 11) is 0. The highest BCUT2D eigenvalue weighted by Gasteiger charge is 2.12. The molecule has 0 bridgehead atoms. The molecule has 1 aliphatic heterocycles. The SMILES string of the molecule is c1cc(N2CCCCC2)c2cccnc2c1. The van der Waals surface area contributed by atoms with E-state index >= 15 is 0 Å². The van der Waals surface area contributed by atoms with Crippen LogP contribution in [0.3, 0.4) is 0 Å². The van der Waals surface area contributed by atoms with Crippen LogP contribution in [0.15, 0.2) is 36.5 Å². The highest BCUT2D eigenvalue weighted by molar-refractivity contribution is 5.91. The van der Waals surface area contributed by atoms with E-state index in [-0.39, 0.29) is 0 Å². The number of hydrogen-bond donors (Lipinski definition) is 0. The first kappa shape index (κ1) is 9.64. The quantitative estimate of drug-likeness (QED) is 0.721. The van der Waals surface area contributed by atoms with E-state index < -0.39 is 0 Å². The Bertz CT molecular complexity index is 482. The molecule has 0 aliphatic carbocycles. The van der Waals surface area contributed by atoms with Crippen LogP contribution in [-0.2, 0) is 0 Å². The summed E-state index contributed by atoms with van der Waals surface area (Å²) in [6, 6.07) is 10.6. The van der Waals surface area contributed by atoms with Crippen molar-refractivity contribution in [2.75, 3.05) is 18.0 Å². The van der Waals surface area contributed by atoms with E-state index in [1.165, 1.54) is 43.4 Å². The Morgan fingerprint density at radius 3 is 2.69 bits per heavy atom. The minimum Gasteiger partial charge on any atom is -0.371 e. The van der Waals surface area contributed by atoms with Gasteiger partial charge >= 0.3 is 0 Å². The third-order valence-corrected chi connectivity index (χ3v) is 3.32. The van der Waals surface area contributed by atoms with Crippen LogP contribution >= 0.6 is 0 Å². The Kier molecular flexibility index (Phi) is 2.49. The molecule has 2 aromatic rings. The number of aromatic nitrogens is 1.